The standard InChI is InChI=1S/C15H15F4.Rb/c16-12-7-6-10-8-11(9-4-2-1-3-5-9)15(18,19)13(10)14(12)17;/h1,6-7,9,11H,2-5,8H2;/q-1;+1. The second-order valence-corrected chi connectivity index (χ2v) is 5.53. The maximum absolute atomic E-state index is 14.4. The Morgan fingerprint density at radius 1 is 1.10 bits per heavy atom. The zero-order valence-corrected chi connectivity index (χ0v) is 16.4. The van der Waals surface area contributed by atoms with E-state index in [2.05, 4.69) is 6.42 Å². The van der Waals surface area contributed by atoms with Crippen molar-refractivity contribution < 1.29 is 75.7 Å². The summed E-state index contributed by atoms with van der Waals surface area (Å²) in [7, 11) is 0. The second-order valence-electron chi connectivity index (χ2n) is 5.53. The molecule has 2 aliphatic carbocycles. The van der Waals surface area contributed by atoms with Gasteiger partial charge in [-0.25, -0.2) is 17.6 Å². The van der Waals surface area contributed by atoms with Crippen LogP contribution in [0.1, 0.15) is 36.8 Å². The maximum Gasteiger partial charge on any atom is 1.00 e. The fourth-order valence-corrected chi connectivity index (χ4v) is 3.49. The molecule has 1 aromatic carbocycles. The molecule has 0 amide bonds. The van der Waals surface area contributed by atoms with E-state index < -0.39 is 29.0 Å². The van der Waals surface area contributed by atoms with Gasteiger partial charge in [0.15, 0.2) is 11.6 Å². The van der Waals surface area contributed by atoms with Gasteiger partial charge in [-0.1, -0.05) is 18.9 Å². The Kier molecular flexibility index (Phi) is 5.53. The molecule has 3 rings (SSSR count). The normalized spacial score (nSPS) is 25.1. The molecule has 0 spiro atoms. The number of alkyl halides is 2. The number of hydrogen-bond donors (Lipinski definition) is 0. The van der Waals surface area contributed by atoms with Crippen molar-refractivity contribution in [1.82, 2.24) is 0 Å². The van der Waals surface area contributed by atoms with Crippen molar-refractivity contribution in [3.05, 3.63) is 41.3 Å². The van der Waals surface area contributed by atoms with Gasteiger partial charge in [-0.3, -0.25) is 0 Å². The summed E-state index contributed by atoms with van der Waals surface area (Å²) in [6.07, 6.45) is 5.38. The van der Waals surface area contributed by atoms with Crippen molar-refractivity contribution >= 4 is 0 Å². The first kappa shape index (κ1) is 17.1. The summed E-state index contributed by atoms with van der Waals surface area (Å²) in [6.45, 7) is 0. The molecule has 0 saturated heterocycles. The molecule has 20 heavy (non-hydrogen) atoms. The van der Waals surface area contributed by atoms with Crippen LogP contribution in [-0.4, -0.2) is 0 Å². The molecule has 1 aromatic rings. The van der Waals surface area contributed by atoms with E-state index >= 15 is 0 Å². The molecule has 1 saturated carbocycles. The third kappa shape index (κ3) is 2.82. The molecule has 0 nitrogen and oxygen atoms in total. The molecule has 2 aliphatic rings. The van der Waals surface area contributed by atoms with Crippen LogP contribution in [0.15, 0.2) is 12.1 Å². The van der Waals surface area contributed by atoms with Gasteiger partial charge in [0.25, 0.3) is 5.92 Å². The van der Waals surface area contributed by atoms with E-state index in [1.165, 1.54) is 6.07 Å². The molecule has 1 fully saturated rings. The number of benzene rings is 1. The largest absolute Gasteiger partial charge is 1.00 e. The van der Waals surface area contributed by atoms with Crippen molar-refractivity contribution in [2.24, 2.45) is 11.8 Å². The van der Waals surface area contributed by atoms with Crippen LogP contribution < -0.4 is 58.2 Å². The average molecular weight is 357 g/mol. The van der Waals surface area contributed by atoms with Gasteiger partial charge in [0, 0.05) is 5.92 Å². The van der Waals surface area contributed by atoms with Crippen LogP contribution in [0, 0.1) is 29.9 Å². The van der Waals surface area contributed by atoms with E-state index in [1.54, 1.807) is 0 Å². The van der Waals surface area contributed by atoms with Crippen molar-refractivity contribution in [2.45, 2.75) is 38.0 Å². The summed E-state index contributed by atoms with van der Waals surface area (Å²) in [6, 6.07) is 2.25. The summed E-state index contributed by atoms with van der Waals surface area (Å²) >= 11 is 0. The van der Waals surface area contributed by atoms with Crippen LogP contribution in [0.4, 0.5) is 17.6 Å². The second kappa shape index (κ2) is 6.47. The molecule has 0 bridgehead atoms. The minimum absolute atomic E-state index is 0. The predicted octanol–water partition coefficient (Wildman–Crippen LogP) is 1.63. The topological polar surface area (TPSA) is 0 Å². The summed E-state index contributed by atoms with van der Waals surface area (Å²) < 4.78 is 55.7. The first-order valence-electron chi connectivity index (χ1n) is 6.68. The molecule has 0 heterocycles. The van der Waals surface area contributed by atoms with Gasteiger partial charge in [-0.15, -0.1) is 0 Å². The molecule has 1 atom stereocenters. The van der Waals surface area contributed by atoms with Gasteiger partial charge >= 0.3 is 58.2 Å². The van der Waals surface area contributed by atoms with Gasteiger partial charge in [-0.05, 0) is 24.0 Å². The zero-order chi connectivity index (χ0) is 13.6. The summed E-state index contributed by atoms with van der Waals surface area (Å²) in [5, 5.41) is 0. The Balaban J connectivity index is 0.00000147. The van der Waals surface area contributed by atoms with Gasteiger partial charge in [0.1, 0.15) is 0 Å². The maximum atomic E-state index is 14.4. The van der Waals surface area contributed by atoms with Crippen LogP contribution in [0.2, 0.25) is 0 Å². The van der Waals surface area contributed by atoms with Crippen molar-refractivity contribution in [3.63, 3.8) is 0 Å². The van der Waals surface area contributed by atoms with Crippen LogP contribution in [0.25, 0.3) is 0 Å². The van der Waals surface area contributed by atoms with Crippen molar-refractivity contribution in [1.29, 1.82) is 0 Å². The van der Waals surface area contributed by atoms with E-state index in [1.807, 2.05) is 0 Å². The number of halogens is 4. The summed E-state index contributed by atoms with van der Waals surface area (Å²) in [5.74, 6) is -6.78. The third-order valence-electron chi connectivity index (χ3n) is 4.47. The summed E-state index contributed by atoms with van der Waals surface area (Å²) in [4.78, 5) is 0. The van der Waals surface area contributed by atoms with Crippen LogP contribution in [0.5, 0.6) is 0 Å². The van der Waals surface area contributed by atoms with Crippen LogP contribution in [0.3, 0.4) is 0 Å². The number of rotatable bonds is 1. The van der Waals surface area contributed by atoms with Crippen molar-refractivity contribution in [2.75, 3.05) is 0 Å². The Labute approximate surface area is 165 Å². The Morgan fingerprint density at radius 2 is 1.75 bits per heavy atom. The van der Waals surface area contributed by atoms with Crippen molar-refractivity contribution in [3.8, 4) is 0 Å². The van der Waals surface area contributed by atoms with Gasteiger partial charge in [0.2, 0.25) is 0 Å². The van der Waals surface area contributed by atoms with Crippen LogP contribution in [-0.2, 0) is 12.3 Å². The molecular formula is C15H15F4Rb. The molecule has 1 unspecified atom stereocenters. The Morgan fingerprint density at radius 3 is 2.40 bits per heavy atom. The minimum atomic E-state index is -3.25. The first-order chi connectivity index (χ1) is 9.01. The van der Waals surface area contributed by atoms with Gasteiger partial charge in [-0.2, -0.15) is 12.8 Å². The van der Waals surface area contributed by atoms with Gasteiger partial charge < -0.3 is 6.42 Å². The third-order valence-corrected chi connectivity index (χ3v) is 4.47. The monoisotopic (exact) mass is 356 g/mol. The average Bonchev–Trinajstić information content (AvgIpc) is 2.67. The molecule has 0 aromatic heterocycles. The van der Waals surface area contributed by atoms with E-state index in [0.29, 0.717) is 0 Å². The van der Waals surface area contributed by atoms with E-state index in [-0.39, 0.29) is 76.1 Å². The Hall–Kier alpha value is 0.745. The molecule has 0 N–H and O–H groups in total. The predicted molar refractivity (Wildman–Crippen MR) is 63.7 cm³/mol. The molecular weight excluding hydrogens is 342 g/mol. The number of hydrogen-bond acceptors (Lipinski definition) is 0. The minimum Gasteiger partial charge on any atom is -0.328 e. The molecule has 0 radical (unpaired) electrons. The fourth-order valence-electron chi connectivity index (χ4n) is 3.49. The molecule has 104 valence electrons. The number of fused-ring (bicyclic) bond motifs is 1. The van der Waals surface area contributed by atoms with E-state index in [4.69, 9.17) is 0 Å². The Bertz CT molecular complexity index is 495. The van der Waals surface area contributed by atoms with E-state index in [9.17, 15) is 17.6 Å². The first-order valence-corrected chi connectivity index (χ1v) is 6.68. The molecule has 5 heteroatoms. The fraction of sp³-hybridized carbons (Fsp3) is 0.533. The van der Waals surface area contributed by atoms with Crippen LogP contribution >= 0.6 is 0 Å². The summed E-state index contributed by atoms with van der Waals surface area (Å²) in [5.41, 5.74) is -0.435. The van der Waals surface area contributed by atoms with Gasteiger partial charge in [0.05, 0.1) is 5.56 Å². The smallest absolute Gasteiger partial charge is 0.328 e. The molecule has 0 aliphatic heterocycles. The quantitative estimate of drug-likeness (QED) is 0.530. The van der Waals surface area contributed by atoms with E-state index in [0.717, 1.165) is 31.7 Å². The zero-order valence-electron chi connectivity index (χ0n) is 11.4. The SMILES string of the molecule is Fc1ccc2c(c1F)C(F)(F)C(C1CC[CH-]CC1)C2.[Rb+].